The fourth-order valence-corrected chi connectivity index (χ4v) is 4.18. The molecule has 1 atom stereocenters. The Balaban J connectivity index is 0.000000555. The van der Waals surface area contributed by atoms with E-state index in [9.17, 15) is 18.6 Å². The van der Waals surface area contributed by atoms with Crippen LogP contribution in [0.4, 0.5) is 0 Å². The van der Waals surface area contributed by atoms with E-state index in [2.05, 4.69) is 78.6 Å². The van der Waals surface area contributed by atoms with Gasteiger partial charge in [-0.15, -0.1) is 0 Å². The summed E-state index contributed by atoms with van der Waals surface area (Å²) >= 11 is 0. The van der Waals surface area contributed by atoms with Gasteiger partial charge in [-0.05, 0) is 64.8 Å². The number of fused-ring (bicyclic) bond motifs is 5. The maximum Gasteiger partial charge on any atom is 0.261 e. The van der Waals surface area contributed by atoms with Crippen LogP contribution in [0.1, 0.15) is 25.5 Å². The van der Waals surface area contributed by atoms with Crippen molar-refractivity contribution in [1.82, 2.24) is 4.90 Å². The summed E-state index contributed by atoms with van der Waals surface area (Å²) in [5.74, 6) is 0. The first kappa shape index (κ1) is 25.1. The van der Waals surface area contributed by atoms with Gasteiger partial charge >= 0.3 is 0 Å². The van der Waals surface area contributed by atoms with E-state index >= 15 is 0 Å². The first-order valence-corrected chi connectivity index (χ1v) is 12.5. The number of hydrogen-bond acceptors (Lipinski definition) is 5. The van der Waals surface area contributed by atoms with Crippen molar-refractivity contribution in [2.75, 3.05) is 26.5 Å². The predicted octanol–water partition coefficient (Wildman–Crippen LogP) is 4.39. The maximum absolute atomic E-state index is 9.88. The summed E-state index contributed by atoms with van der Waals surface area (Å²) in [5, 5.41) is 27.2. The van der Waals surface area contributed by atoms with E-state index < -0.39 is 15.7 Å². The van der Waals surface area contributed by atoms with Gasteiger partial charge in [0.1, 0.15) is 0 Å². The number of likely N-dealkylation sites (N-methyl/N-ethyl adjacent to an activating group) is 1. The molecule has 0 aromatic heterocycles. The van der Waals surface area contributed by atoms with Crippen molar-refractivity contribution >= 4 is 42.4 Å². The van der Waals surface area contributed by atoms with Crippen LogP contribution in [-0.2, 0) is 10.1 Å². The fourth-order valence-electron chi connectivity index (χ4n) is 4.18. The minimum Gasteiger partial charge on any atom is -0.394 e. The quantitative estimate of drug-likeness (QED) is 0.296. The maximum atomic E-state index is 9.88. The Bertz CT molecular complexity index is 1370. The van der Waals surface area contributed by atoms with Gasteiger partial charge in [0.15, 0.2) is 0 Å². The minimum atomic E-state index is -3.67. The molecule has 6 nitrogen and oxygen atoms in total. The number of hydrogen-bond donors (Lipinski definition) is 3. The molecule has 0 amide bonds. The second-order valence-corrected chi connectivity index (χ2v) is 10.2. The van der Waals surface area contributed by atoms with E-state index in [1.165, 1.54) is 37.9 Å². The lowest BCUT2D eigenvalue weighted by Gasteiger charge is -2.40. The zero-order chi connectivity index (χ0) is 24.4. The molecule has 4 aromatic carbocycles. The number of aliphatic hydroxyl groups excluding tert-OH is 2. The molecule has 0 aliphatic rings. The highest BCUT2D eigenvalue weighted by Crippen LogP contribution is 2.38. The van der Waals surface area contributed by atoms with Crippen molar-refractivity contribution in [3.63, 3.8) is 0 Å². The molecule has 176 valence electrons. The van der Waals surface area contributed by atoms with Gasteiger partial charge in [-0.25, -0.2) is 0 Å². The Morgan fingerprint density at radius 1 is 0.848 bits per heavy atom. The lowest BCUT2D eigenvalue weighted by molar-refractivity contribution is -0.00564. The minimum absolute atomic E-state index is 0.0255. The van der Waals surface area contributed by atoms with Crippen molar-refractivity contribution in [2.24, 2.45) is 0 Å². The molecule has 0 bridgehead atoms. The van der Waals surface area contributed by atoms with Crippen LogP contribution in [0.25, 0.3) is 32.3 Å². The highest BCUT2D eigenvalue weighted by Gasteiger charge is 2.32. The summed E-state index contributed by atoms with van der Waals surface area (Å²) < 4.78 is 25.9. The van der Waals surface area contributed by atoms with Crippen molar-refractivity contribution < 1.29 is 23.2 Å². The smallest absolute Gasteiger partial charge is 0.261 e. The lowest BCUT2D eigenvalue weighted by Crippen LogP contribution is -2.50. The molecule has 3 N–H and O–H groups in total. The second kappa shape index (κ2) is 9.75. The Hall–Kier alpha value is -2.55. The number of rotatable bonds is 5. The molecule has 4 rings (SSSR count). The van der Waals surface area contributed by atoms with Crippen LogP contribution >= 0.6 is 0 Å². The van der Waals surface area contributed by atoms with Crippen LogP contribution in [0.3, 0.4) is 0 Å². The summed E-state index contributed by atoms with van der Waals surface area (Å²) in [4.78, 5) is 2.08. The summed E-state index contributed by atoms with van der Waals surface area (Å²) in [6.45, 7) is 3.84. The molecule has 0 aliphatic carbocycles. The average molecular weight is 470 g/mol. The molecule has 33 heavy (non-hydrogen) atoms. The van der Waals surface area contributed by atoms with Gasteiger partial charge in [0, 0.05) is 6.04 Å². The van der Waals surface area contributed by atoms with E-state index in [0.29, 0.717) is 6.26 Å². The highest BCUT2D eigenvalue weighted by atomic mass is 32.2. The predicted molar refractivity (Wildman–Crippen MR) is 135 cm³/mol. The monoisotopic (exact) mass is 469 g/mol. The molecular formula is C26H31NO5S. The van der Waals surface area contributed by atoms with Crippen molar-refractivity contribution in [3.05, 3.63) is 72.3 Å². The molecule has 7 heteroatoms. The molecular weight excluding hydrogens is 438 g/mol. The van der Waals surface area contributed by atoms with Gasteiger partial charge in [-0.3, -0.25) is 9.45 Å². The molecule has 0 fully saturated rings. The molecule has 4 aromatic rings. The van der Waals surface area contributed by atoms with E-state index in [0.717, 1.165) is 0 Å². The summed E-state index contributed by atoms with van der Waals surface area (Å²) in [6, 6.07) is 23.7. The van der Waals surface area contributed by atoms with E-state index in [-0.39, 0.29) is 19.3 Å². The molecule has 0 saturated heterocycles. The van der Waals surface area contributed by atoms with E-state index in [1.54, 1.807) is 0 Å². The lowest BCUT2D eigenvalue weighted by atomic mass is 9.89. The van der Waals surface area contributed by atoms with Crippen LogP contribution < -0.4 is 0 Å². The van der Waals surface area contributed by atoms with Crippen LogP contribution in [0.2, 0.25) is 0 Å². The van der Waals surface area contributed by atoms with Gasteiger partial charge < -0.3 is 10.2 Å². The van der Waals surface area contributed by atoms with E-state index in [4.69, 9.17) is 4.55 Å². The molecule has 0 heterocycles. The Kier molecular flexibility index (Phi) is 7.41. The zero-order valence-electron chi connectivity index (χ0n) is 19.4. The first-order chi connectivity index (χ1) is 15.5. The van der Waals surface area contributed by atoms with Crippen LogP contribution in [0.15, 0.2) is 66.7 Å². The van der Waals surface area contributed by atoms with Gasteiger partial charge in [-0.1, -0.05) is 60.7 Å². The molecule has 0 saturated carbocycles. The zero-order valence-corrected chi connectivity index (χ0v) is 20.2. The van der Waals surface area contributed by atoms with Gasteiger partial charge in [-0.2, -0.15) is 8.42 Å². The summed E-state index contributed by atoms with van der Waals surface area (Å²) in [5.41, 5.74) is 0.517. The number of benzene rings is 4. The molecule has 0 aliphatic heterocycles. The fraction of sp³-hybridized carbons (Fsp3) is 0.308. The average Bonchev–Trinajstić information content (AvgIpc) is 2.80. The topological polar surface area (TPSA) is 98.1 Å². The number of aliphatic hydroxyl groups is 2. The molecule has 0 spiro atoms. The standard InChI is InChI=1S/C25H27NO2.CH4O3S/c1-17(26(3)25(2,15-27)16-28)23-14-24-19-9-5-4-8-18(19)12-13-22(24)20-10-6-7-11-21(20)23;1-5(2,3)4/h4-14,17,27-28H,15-16H2,1-3H3;1H3,(H,2,3,4). The van der Waals surface area contributed by atoms with Crippen molar-refractivity contribution in [3.8, 4) is 0 Å². The Morgan fingerprint density at radius 3 is 1.91 bits per heavy atom. The SMILES string of the molecule is CC(c1cc2c3ccccc3ccc2c2ccccc12)N(C)C(C)(CO)CO.CS(=O)(=O)O. The number of nitrogens with zero attached hydrogens (tertiary/aromatic N) is 1. The van der Waals surface area contributed by atoms with Crippen LogP contribution in [0.5, 0.6) is 0 Å². The van der Waals surface area contributed by atoms with Crippen LogP contribution in [-0.4, -0.2) is 60.1 Å². The third-order valence-electron chi connectivity index (χ3n) is 6.36. The highest BCUT2D eigenvalue weighted by molar-refractivity contribution is 7.85. The van der Waals surface area contributed by atoms with Gasteiger partial charge in [0.2, 0.25) is 0 Å². The first-order valence-electron chi connectivity index (χ1n) is 10.7. The summed E-state index contributed by atoms with van der Waals surface area (Å²) in [6.07, 6.45) is 0.715. The third-order valence-corrected chi connectivity index (χ3v) is 6.36. The molecule has 0 radical (unpaired) electrons. The van der Waals surface area contributed by atoms with Gasteiger partial charge in [0.05, 0.1) is 25.0 Å². The Labute approximate surface area is 194 Å². The van der Waals surface area contributed by atoms with E-state index in [1.807, 2.05) is 14.0 Å². The largest absolute Gasteiger partial charge is 0.394 e. The van der Waals surface area contributed by atoms with Gasteiger partial charge in [0.25, 0.3) is 10.1 Å². The molecule has 1 unspecified atom stereocenters. The Morgan fingerprint density at radius 2 is 1.33 bits per heavy atom. The van der Waals surface area contributed by atoms with Crippen molar-refractivity contribution in [1.29, 1.82) is 0 Å². The van der Waals surface area contributed by atoms with Crippen molar-refractivity contribution in [2.45, 2.75) is 25.4 Å². The summed E-state index contributed by atoms with van der Waals surface area (Å²) in [7, 11) is -1.70. The normalized spacial score (nSPS) is 13.3. The van der Waals surface area contributed by atoms with Crippen LogP contribution in [0, 0.1) is 0 Å². The second-order valence-electron chi connectivity index (χ2n) is 8.73. The third kappa shape index (κ3) is 5.34.